The predicted octanol–water partition coefficient (Wildman–Crippen LogP) is 3.02. The lowest BCUT2D eigenvalue weighted by Crippen LogP contribution is -2.30. The maximum absolute atomic E-state index is 13.4. The molecule has 0 fully saturated rings. The first-order valence-corrected chi connectivity index (χ1v) is 8.03. The highest BCUT2D eigenvalue weighted by Crippen LogP contribution is 2.21. The van der Waals surface area contributed by atoms with Crippen LogP contribution in [0.15, 0.2) is 30.3 Å². The zero-order valence-corrected chi connectivity index (χ0v) is 13.8. The molecule has 0 atom stereocenters. The molecule has 0 spiro atoms. The average Bonchev–Trinajstić information content (AvgIpc) is 2.85. The highest BCUT2D eigenvalue weighted by Gasteiger charge is 2.14. The van der Waals surface area contributed by atoms with Crippen molar-refractivity contribution in [3.8, 4) is 0 Å². The van der Waals surface area contributed by atoms with Gasteiger partial charge in [0, 0.05) is 16.3 Å². The molecule has 0 aliphatic heterocycles. The molecule has 1 aromatic heterocycles. The van der Waals surface area contributed by atoms with Gasteiger partial charge in [0.15, 0.2) is 6.61 Å². The Morgan fingerprint density at radius 2 is 2.00 bits per heavy atom. The van der Waals surface area contributed by atoms with Crippen molar-refractivity contribution in [2.24, 2.45) is 0 Å². The molecule has 0 aliphatic carbocycles. The molecule has 122 valence electrons. The van der Waals surface area contributed by atoms with E-state index in [2.05, 4.69) is 5.32 Å². The van der Waals surface area contributed by atoms with E-state index in [1.165, 1.54) is 17.4 Å². The van der Waals surface area contributed by atoms with Crippen LogP contribution in [0.3, 0.4) is 0 Å². The molecule has 0 bridgehead atoms. The van der Waals surface area contributed by atoms with Gasteiger partial charge < -0.3 is 10.1 Å². The van der Waals surface area contributed by atoms with Crippen molar-refractivity contribution in [2.75, 3.05) is 13.2 Å². The van der Waals surface area contributed by atoms with Gasteiger partial charge in [0.1, 0.15) is 5.82 Å². The molecule has 2 rings (SSSR count). The minimum atomic E-state index is -0.504. The van der Waals surface area contributed by atoms with Crippen LogP contribution in [0, 0.1) is 19.7 Å². The van der Waals surface area contributed by atoms with E-state index in [0.717, 1.165) is 9.75 Å². The van der Waals surface area contributed by atoms with Gasteiger partial charge in [-0.25, -0.2) is 9.18 Å². The topological polar surface area (TPSA) is 55.4 Å². The Morgan fingerprint density at radius 3 is 2.65 bits per heavy atom. The Bertz CT molecular complexity index is 712. The van der Waals surface area contributed by atoms with E-state index in [1.807, 2.05) is 13.8 Å². The Morgan fingerprint density at radius 1 is 1.26 bits per heavy atom. The van der Waals surface area contributed by atoms with Gasteiger partial charge in [0.2, 0.25) is 0 Å². The number of halogens is 1. The van der Waals surface area contributed by atoms with Gasteiger partial charge in [-0.05, 0) is 38.0 Å². The molecule has 1 amide bonds. The van der Waals surface area contributed by atoms with Crippen molar-refractivity contribution in [1.82, 2.24) is 5.32 Å². The summed E-state index contributed by atoms with van der Waals surface area (Å²) in [5, 5.41) is 2.60. The molecule has 4 nitrogen and oxygen atoms in total. The van der Waals surface area contributed by atoms with E-state index in [0.29, 0.717) is 17.5 Å². The van der Waals surface area contributed by atoms with Crippen LogP contribution in [-0.4, -0.2) is 25.0 Å². The second-order valence-corrected chi connectivity index (χ2v) is 6.55. The standard InChI is InChI=1S/C17H18FNO3S/c1-11-9-14(12(2)23-11)17(21)22-10-16(20)19-8-7-13-5-3-4-6-15(13)18/h3-6,9H,7-8,10H2,1-2H3,(H,19,20). The number of carbonyl (C=O) groups excluding carboxylic acids is 2. The summed E-state index contributed by atoms with van der Waals surface area (Å²) in [4.78, 5) is 25.4. The largest absolute Gasteiger partial charge is 0.452 e. The van der Waals surface area contributed by atoms with Crippen LogP contribution < -0.4 is 5.32 Å². The summed E-state index contributed by atoms with van der Waals surface area (Å²) >= 11 is 1.51. The summed E-state index contributed by atoms with van der Waals surface area (Å²) in [7, 11) is 0. The minimum absolute atomic E-state index is 0.286. The van der Waals surface area contributed by atoms with Crippen molar-refractivity contribution in [3.05, 3.63) is 57.0 Å². The van der Waals surface area contributed by atoms with Gasteiger partial charge in [0.25, 0.3) is 5.91 Å². The number of hydrogen-bond acceptors (Lipinski definition) is 4. The molecular weight excluding hydrogens is 317 g/mol. The van der Waals surface area contributed by atoms with Crippen LogP contribution in [0.2, 0.25) is 0 Å². The van der Waals surface area contributed by atoms with Crippen LogP contribution in [0.25, 0.3) is 0 Å². The second kappa shape index (κ2) is 7.87. The summed E-state index contributed by atoms with van der Waals surface area (Å²) in [6.45, 7) is 3.69. The van der Waals surface area contributed by atoms with Gasteiger partial charge in [-0.2, -0.15) is 0 Å². The second-order valence-electron chi connectivity index (χ2n) is 5.09. The highest BCUT2D eigenvalue weighted by molar-refractivity contribution is 7.12. The number of nitrogens with one attached hydrogen (secondary N) is 1. The first kappa shape index (κ1) is 17.1. The van der Waals surface area contributed by atoms with Gasteiger partial charge in [-0.1, -0.05) is 18.2 Å². The van der Waals surface area contributed by atoms with Crippen molar-refractivity contribution in [1.29, 1.82) is 0 Å². The van der Waals surface area contributed by atoms with Gasteiger partial charge >= 0.3 is 5.97 Å². The maximum Gasteiger partial charge on any atom is 0.339 e. The van der Waals surface area contributed by atoms with Crippen molar-refractivity contribution in [2.45, 2.75) is 20.3 Å². The lowest BCUT2D eigenvalue weighted by atomic mass is 10.1. The molecule has 6 heteroatoms. The summed E-state index contributed by atoms with van der Waals surface area (Å²) in [6.07, 6.45) is 0.384. The smallest absolute Gasteiger partial charge is 0.339 e. The highest BCUT2D eigenvalue weighted by atomic mass is 32.1. The summed E-state index contributed by atoms with van der Waals surface area (Å²) < 4.78 is 18.4. The Hall–Kier alpha value is -2.21. The number of ether oxygens (including phenoxy) is 1. The van der Waals surface area contributed by atoms with Crippen molar-refractivity contribution in [3.63, 3.8) is 0 Å². The number of esters is 1. The Balaban J connectivity index is 1.74. The van der Waals surface area contributed by atoms with E-state index in [4.69, 9.17) is 4.74 Å². The minimum Gasteiger partial charge on any atom is -0.452 e. The molecule has 0 aliphatic rings. The summed E-state index contributed by atoms with van der Waals surface area (Å²) in [5.41, 5.74) is 1.03. The van der Waals surface area contributed by atoms with Crippen molar-refractivity contribution >= 4 is 23.2 Å². The van der Waals surface area contributed by atoms with Gasteiger partial charge in [0.05, 0.1) is 5.56 Å². The molecule has 0 radical (unpaired) electrons. The van der Waals surface area contributed by atoms with Gasteiger partial charge in [-0.3, -0.25) is 4.79 Å². The van der Waals surface area contributed by atoms with Crippen LogP contribution in [-0.2, 0) is 16.0 Å². The molecule has 23 heavy (non-hydrogen) atoms. The third-order valence-electron chi connectivity index (χ3n) is 3.27. The maximum atomic E-state index is 13.4. The first-order chi connectivity index (χ1) is 11.0. The molecule has 1 heterocycles. The predicted molar refractivity (Wildman–Crippen MR) is 87.2 cm³/mol. The number of carbonyl (C=O) groups is 2. The molecule has 2 aromatic rings. The normalized spacial score (nSPS) is 10.4. The number of aryl methyl sites for hydroxylation is 2. The fourth-order valence-corrected chi connectivity index (χ4v) is 3.04. The van der Waals surface area contributed by atoms with Gasteiger partial charge in [-0.15, -0.1) is 11.3 Å². The number of hydrogen-bond donors (Lipinski definition) is 1. The molecule has 0 unspecified atom stereocenters. The van der Waals surface area contributed by atoms with Crippen LogP contribution in [0.1, 0.15) is 25.7 Å². The number of thiophene rings is 1. The first-order valence-electron chi connectivity index (χ1n) is 7.21. The Kier molecular flexibility index (Phi) is 5.87. The van der Waals surface area contributed by atoms with Crippen LogP contribution in [0.4, 0.5) is 4.39 Å². The fourth-order valence-electron chi connectivity index (χ4n) is 2.13. The third kappa shape index (κ3) is 4.89. The fraction of sp³-hybridized carbons (Fsp3) is 0.294. The van der Waals surface area contributed by atoms with E-state index in [9.17, 15) is 14.0 Å². The number of amides is 1. The molecular formula is C17H18FNO3S. The SMILES string of the molecule is Cc1cc(C(=O)OCC(=O)NCCc2ccccc2F)c(C)s1. The third-order valence-corrected chi connectivity index (χ3v) is 4.24. The summed E-state index contributed by atoms with van der Waals surface area (Å²) in [6, 6.07) is 8.16. The van der Waals surface area contributed by atoms with Crippen LogP contribution >= 0.6 is 11.3 Å². The number of rotatable bonds is 6. The van der Waals surface area contributed by atoms with Crippen LogP contribution in [0.5, 0.6) is 0 Å². The quantitative estimate of drug-likeness (QED) is 0.826. The van der Waals surface area contributed by atoms with E-state index >= 15 is 0 Å². The van der Waals surface area contributed by atoms with E-state index in [-0.39, 0.29) is 19.0 Å². The zero-order chi connectivity index (χ0) is 16.8. The molecule has 1 aromatic carbocycles. The lowest BCUT2D eigenvalue weighted by molar-refractivity contribution is -0.124. The molecule has 0 saturated heterocycles. The molecule has 0 saturated carbocycles. The Labute approximate surface area is 138 Å². The lowest BCUT2D eigenvalue weighted by Gasteiger charge is -2.07. The zero-order valence-electron chi connectivity index (χ0n) is 13.0. The van der Waals surface area contributed by atoms with E-state index < -0.39 is 11.9 Å². The molecule has 1 N–H and O–H groups in total. The average molecular weight is 335 g/mol. The monoisotopic (exact) mass is 335 g/mol. The van der Waals surface area contributed by atoms with Crippen molar-refractivity contribution < 1.29 is 18.7 Å². The number of benzene rings is 1. The summed E-state index contributed by atoms with van der Waals surface area (Å²) in [5.74, 6) is -1.20. The van der Waals surface area contributed by atoms with E-state index in [1.54, 1.807) is 24.3 Å².